The second-order valence-corrected chi connectivity index (χ2v) is 4.80. The van der Waals surface area contributed by atoms with Crippen LogP contribution in [0, 0.1) is 6.92 Å². The number of ether oxygens (including phenoxy) is 2. The van der Waals surface area contributed by atoms with Crippen LogP contribution in [0.4, 0.5) is 0 Å². The van der Waals surface area contributed by atoms with Crippen LogP contribution < -0.4 is 4.74 Å². The molecular formula is C15H21NO3. The van der Waals surface area contributed by atoms with E-state index in [-0.39, 0.29) is 5.91 Å². The molecule has 0 bridgehead atoms. The average Bonchev–Trinajstić information content (AvgIpc) is 2.46. The molecule has 1 amide bonds. The molecule has 2 rings (SSSR count). The van der Waals surface area contributed by atoms with Crippen LogP contribution >= 0.6 is 0 Å². The zero-order chi connectivity index (χ0) is 13.7. The zero-order valence-electron chi connectivity index (χ0n) is 11.6. The van der Waals surface area contributed by atoms with Gasteiger partial charge in [0.05, 0.1) is 20.3 Å². The summed E-state index contributed by atoms with van der Waals surface area (Å²) in [6.07, 6.45) is 1.34. The summed E-state index contributed by atoms with van der Waals surface area (Å²) in [5, 5.41) is 0. The first-order valence-corrected chi connectivity index (χ1v) is 6.70. The fraction of sp³-hybridized carbons (Fsp3) is 0.533. The molecule has 1 saturated heterocycles. The Morgan fingerprint density at radius 2 is 2.11 bits per heavy atom. The third-order valence-corrected chi connectivity index (χ3v) is 3.45. The van der Waals surface area contributed by atoms with E-state index in [9.17, 15) is 4.79 Å². The van der Waals surface area contributed by atoms with Gasteiger partial charge in [-0.1, -0.05) is 12.1 Å². The Balaban J connectivity index is 1.87. The zero-order valence-corrected chi connectivity index (χ0v) is 11.6. The summed E-state index contributed by atoms with van der Waals surface area (Å²) in [4.78, 5) is 13.9. The van der Waals surface area contributed by atoms with Crippen molar-refractivity contribution in [2.24, 2.45) is 0 Å². The number of amides is 1. The quantitative estimate of drug-likeness (QED) is 0.831. The molecule has 19 heavy (non-hydrogen) atoms. The molecule has 1 heterocycles. The lowest BCUT2D eigenvalue weighted by molar-refractivity contribution is -0.135. The molecular weight excluding hydrogens is 242 g/mol. The number of nitrogens with zero attached hydrogens (tertiary/aromatic N) is 1. The number of benzene rings is 1. The Morgan fingerprint density at radius 3 is 2.74 bits per heavy atom. The Morgan fingerprint density at radius 1 is 1.37 bits per heavy atom. The molecule has 0 atom stereocenters. The lowest BCUT2D eigenvalue weighted by Crippen LogP contribution is -2.40. The minimum Gasteiger partial charge on any atom is -0.496 e. The molecule has 1 aromatic carbocycles. The van der Waals surface area contributed by atoms with E-state index in [1.54, 1.807) is 7.11 Å². The first-order chi connectivity index (χ1) is 9.20. The molecule has 1 aliphatic rings. The van der Waals surface area contributed by atoms with Gasteiger partial charge in [0.15, 0.2) is 0 Å². The summed E-state index contributed by atoms with van der Waals surface area (Å²) in [6, 6.07) is 6.08. The van der Waals surface area contributed by atoms with Gasteiger partial charge in [-0.25, -0.2) is 0 Å². The van der Waals surface area contributed by atoms with Crippen LogP contribution in [0.15, 0.2) is 18.2 Å². The van der Waals surface area contributed by atoms with Crippen molar-refractivity contribution >= 4 is 5.91 Å². The van der Waals surface area contributed by atoms with Crippen LogP contribution in [0.1, 0.15) is 17.5 Å². The van der Waals surface area contributed by atoms with Crippen LogP contribution in [0.5, 0.6) is 5.75 Å². The number of hydrogen-bond donors (Lipinski definition) is 0. The molecule has 104 valence electrons. The van der Waals surface area contributed by atoms with Gasteiger partial charge in [0.25, 0.3) is 0 Å². The lowest BCUT2D eigenvalue weighted by atomic mass is 10.1. The molecule has 1 fully saturated rings. The standard InChI is InChI=1S/C15H21NO3/c1-12-11-13(3-5-14(12)18-2)4-6-15(17)16-7-9-19-10-8-16/h3,5,11H,4,6-10H2,1-2H3. The van der Waals surface area contributed by atoms with Crippen molar-refractivity contribution in [3.05, 3.63) is 29.3 Å². The first-order valence-electron chi connectivity index (χ1n) is 6.70. The smallest absolute Gasteiger partial charge is 0.223 e. The SMILES string of the molecule is COc1ccc(CCC(=O)N2CCOCC2)cc1C. The summed E-state index contributed by atoms with van der Waals surface area (Å²) in [5.74, 6) is 1.11. The minimum absolute atomic E-state index is 0.219. The van der Waals surface area contributed by atoms with E-state index in [0.717, 1.165) is 30.8 Å². The highest BCUT2D eigenvalue weighted by atomic mass is 16.5. The summed E-state index contributed by atoms with van der Waals surface area (Å²) in [5.41, 5.74) is 2.29. The Labute approximate surface area is 114 Å². The highest BCUT2D eigenvalue weighted by Crippen LogP contribution is 2.19. The number of rotatable bonds is 4. The van der Waals surface area contributed by atoms with Gasteiger partial charge < -0.3 is 14.4 Å². The second kappa shape index (κ2) is 6.57. The van der Waals surface area contributed by atoms with E-state index in [2.05, 4.69) is 6.07 Å². The second-order valence-electron chi connectivity index (χ2n) is 4.80. The monoisotopic (exact) mass is 263 g/mol. The van der Waals surface area contributed by atoms with Crippen LogP contribution in [0.2, 0.25) is 0 Å². The molecule has 0 spiro atoms. The van der Waals surface area contributed by atoms with E-state index in [1.807, 2.05) is 24.0 Å². The van der Waals surface area contributed by atoms with Gasteiger partial charge in [-0.2, -0.15) is 0 Å². The van der Waals surface area contributed by atoms with E-state index >= 15 is 0 Å². The van der Waals surface area contributed by atoms with Crippen molar-refractivity contribution in [3.63, 3.8) is 0 Å². The topological polar surface area (TPSA) is 38.8 Å². The van der Waals surface area contributed by atoms with E-state index < -0.39 is 0 Å². The van der Waals surface area contributed by atoms with Crippen molar-refractivity contribution in [1.29, 1.82) is 0 Å². The summed E-state index contributed by atoms with van der Waals surface area (Å²) < 4.78 is 10.5. The normalized spacial score (nSPS) is 15.4. The van der Waals surface area contributed by atoms with Gasteiger partial charge in [0, 0.05) is 19.5 Å². The summed E-state index contributed by atoms with van der Waals surface area (Å²) in [7, 11) is 1.67. The van der Waals surface area contributed by atoms with Gasteiger partial charge in [-0.3, -0.25) is 4.79 Å². The van der Waals surface area contributed by atoms with Crippen LogP contribution in [-0.4, -0.2) is 44.2 Å². The average molecular weight is 263 g/mol. The van der Waals surface area contributed by atoms with Crippen LogP contribution in [0.3, 0.4) is 0 Å². The number of methoxy groups -OCH3 is 1. The number of carbonyl (C=O) groups is 1. The fourth-order valence-electron chi connectivity index (χ4n) is 2.32. The largest absolute Gasteiger partial charge is 0.496 e. The first kappa shape index (κ1) is 13.9. The van der Waals surface area contributed by atoms with Gasteiger partial charge in [-0.05, 0) is 30.5 Å². The third-order valence-electron chi connectivity index (χ3n) is 3.45. The fourth-order valence-corrected chi connectivity index (χ4v) is 2.32. The maximum atomic E-state index is 12.0. The molecule has 4 heteroatoms. The molecule has 4 nitrogen and oxygen atoms in total. The maximum absolute atomic E-state index is 12.0. The van der Waals surface area contributed by atoms with Crippen LogP contribution in [0.25, 0.3) is 0 Å². The van der Waals surface area contributed by atoms with Crippen molar-refractivity contribution < 1.29 is 14.3 Å². The van der Waals surface area contributed by atoms with E-state index in [1.165, 1.54) is 5.56 Å². The van der Waals surface area contributed by atoms with Gasteiger partial charge in [0.2, 0.25) is 5.91 Å². The van der Waals surface area contributed by atoms with Gasteiger partial charge >= 0.3 is 0 Å². The predicted molar refractivity (Wildman–Crippen MR) is 73.5 cm³/mol. The number of morpholine rings is 1. The van der Waals surface area contributed by atoms with Crippen molar-refractivity contribution in [2.75, 3.05) is 33.4 Å². The third kappa shape index (κ3) is 3.70. The van der Waals surface area contributed by atoms with E-state index in [0.29, 0.717) is 19.6 Å². The van der Waals surface area contributed by atoms with Crippen LogP contribution in [-0.2, 0) is 16.0 Å². The number of carbonyl (C=O) groups excluding carboxylic acids is 1. The van der Waals surface area contributed by atoms with Gasteiger partial charge in [0.1, 0.15) is 5.75 Å². The highest BCUT2D eigenvalue weighted by Gasteiger charge is 2.16. The van der Waals surface area contributed by atoms with Crippen molar-refractivity contribution in [3.8, 4) is 5.75 Å². The molecule has 0 aromatic heterocycles. The van der Waals surface area contributed by atoms with Gasteiger partial charge in [-0.15, -0.1) is 0 Å². The summed E-state index contributed by atoms with van der Waals surface area (Å²) in [6.45, 7) is 4.79. The highest BCUT2D eigenvalue weighted by molar-refractivity contribution is 5.76. The Hall–Kier alpha value is -1.55. The molecule has 1 aromatic rings. The molecule has 0 saturated carbocycles. The van der Waals surface area contributed by atoms with E-state index in [4.69, 9.17) is 9.47 Å². The summed E-state index contributed by atoms with van der Waals surface area (Å²) >= 11 is 0. The molecule has 0 radical (unpaired) electrons. The molecule has 1 aliphatic heterocycles. The minimum atomic E-state index is 0.219. The molecule has 0 aliphatic carbocycles. The predicted octanol–water partition coefficient (Wildman–Crippen LogP) is 1.80. The molecule has 0 N–H and O–H groups in total. The van der Waals surface area contributed by atoms with Crippen molar-refractivity contribution in [1.82, 2.24) is 4.90 Å². The number of hydrogen-bond acceptors (Lipinski definition) is 3. The lowest BCUT2D eigenvalue weighted by Gasteiger charge is -2.26. The Kier molecular flexibility index (Phi) is 4.80. The Bertz CT molecular complexity index is 439. The van der Waals surface area contributed by atoms with Crippen molar-refractivity contribution in [2.45, 2.75) is 19.8 Å². The molecule has 0 unspecified atom stereocenters. The number of aryl methyl sites for hydroxylation is 2. The maximum Gasteiger partial charge on any atom is 0.223 e.